The van der Waals surface area contributed by atoms with Crippen LogP contribution in [0.15, 0.2) is 76.5 Å². The van der Waals surface area contributed by atoms with Crippen LogP contribution in [-0.4, -0.2) is 51.4 Å². The van der Waals surface area contributed by atoms with Crippen LogP contribution in [-0.2, 0) is 20.0 Å². The number of amides is 1. The molecule has 3 rings (SSSR count). The molecule has 0 atom stereocenters. The van der Waals surface area contributed by atoms with E-state index in [9.17, 15) is 26.7 Å². The number of carbonyl (C=O) groups excluding carboxylic acids is 1. The number of carbonyl (C=O) groups is 1. The highest BCUT2D eigenvalue weighted by molar-refractivity contribution is 7.92. The van der Waals surface area contributed by atoms with Gasteiger partial charge in [0, 0.05) is 30.4 Å². The average molecular weight is 569 g/mol. The van der Waals surface area contributed by atoms with E-state index in [1.807, 2.05) is 0 Å². The monoisotopic (exact) mass is 568 g/mol. The fraction of sp³-hybridized carbons (Fsp3) is 0.0909. The maximum Gasteiger partial charge on any atom is 0.261 e. The van der Waals surface area contributed by atoms with Gasteiger partial charge >= 0.3 is 0 Å². The molecule has 0 saturated carbocycles. The van der Waals surface area contributed by atoms with Crippen LogP contribution in [0.2, 0.25) is 5.02 Å². The highest BCUT2D eigenvalue weighted by Crippen LogP contribution is 2.28. The van der Waals surface area contributed by atoms with Gasteiger partial charge in [0.1, 0.15) is 5.75 Å². The van der Waals surface area contributed by atoms with Crippen LogP contribution in [0.5, 0.6) is 5.75 Å². The van der Waals surface area contributed by atoms with Gasteiger partial charge in [-0.1, -0.05) is 17.7 Å². The zero-order valence-electron chi connectivity index (χ0n) is 18.9. The third-order valence-corrected chi connectivity index (χ3v) is 8.37. The SMILES string of the molecule is CN(C)S(=O)(=O)c1cccc(C(=O)NC(=S)Nc2cc(S(=O)(=O)Nc3ccc(Cl)cc3)ccc2O)c1. The highest BCUT2D eigenvalue weighted by Gasteiger charge is 2.20. The number of aromatic hydroxyl groups is 1. The Balaban J connectivity index is 1.75. The molecule has 0 spiro atoms. The Hall–Kier alpha value is -3.23. The average Bonchev–Trinajstić information content (AvgIpc) is 2.81. The van der Waals surface area contributed by atoms with E-state index in [1.54, 1.807) is 0 Å². The van der Waals surface area contributed by atoms with Gasteiger partial charge < -0.3 is 10.4 Å². The second-order valence-corrected chi connectivity index (χ2v) is 12.2. The molecule has 190 valence electrons. The zero-order valence-corrected chi connectivity index (χ0v) is 22.1. The van der Waals surface area contributed by atoms with E-state index < -0.39 is 26.0 Å². The van der Waals surface area contributed by atoms with Crippen LogP contribution in [0.25, 0.3) is 0 Å². The number of thiocarbonyl (C=S) groups is 1. The van der Waals surface area contributed by atoms with Gasteiger partial charge in [0.15, 0.2) is 5.11 Å². The van der Waals surface area contributed by atoms with Gasteiger partial charge in [-0.15, -0.1) is 0 Å². The number of benzene rings is 3. The predicted molar refractivity (Wildman–Crippen MR) is 141 cm³/mol. The predicted octanol–water partition coefficient (Wildman–Crippen LogP) is 3.22. The van der Waals surface area contributed by atoms with Gasteiger partial charge in [0.05, 0.1) is 15.5 Å². The van der Waals surface area contributed by atoms with Crippen LogP contribution >= 0.6 is 23.8 Å². The molecule has 1 amide bonds. The molecule has 0 fully saturated rings. The lowest BCUT2D eigenvalue weighted by Gasteiger charge is -2.14. The molecule has 0 aromatic heterocycles. The highest BCUT2D eigenvalue weighted by atomic mass is 35.5. The van der Waals surface area contributed by atoms with Crippen molar-refractivity contribution in [3.8, 4) is 5.75 Å². The Morgan fingerprint density at radius 1 is 0.944 bits per heavy atom. The third kappa shape index (κ3) is 6.50. The van der Waals surface area contributed by atoms with Crippen molar-refractivity contribution in [3.05, 3.63) is 77.3 Å². The van der Waals surface area contributed by atoms with Crippen LogP contribution in [0.3, 0.4) is 0 Å². The van der Waals surface area contributed by atoms with Crippen molar-refractivity contribution in [3.63, 3.8) is 0 Å². The molecule has 3 aromatic rings. The van der Waals surface area contributed by atoms with Crippen LogP contribution in [0.1, 0.15) is 10.4 Å². The summed E-state index contributed by atoms with van der Waals surface area (Å²) in [6.07, 6.45) is 0. The summed E-state index contributed by atoms with van der Waals surface area (Å²) in [5.74, 6) is -1.04. The number of halogens is 1. The Kier molecular flexibility index (Phi) is 8.21. The third-order valence-electron chi connectivity index (χ3n) is 4.72. The second kappa shape index (κ2) is 10.8. The summed E-state index contributed by atoms with van der Waals surface area (Å²) in [6.45, 7) is 0. The molecular weight excluding hydrogens is 548 g/mol. The lowest BCUT2D eigenvalue weighted by molar-refractivity contribution is 0.0977. The molecule has 10 nitrogen and oxygen atoms in total. The molecule has 0 radical (unpaired) electrons. The van der Waals surface area contributed by atoms with E-state index in [0.29, 0.717) is 5.02 Å². The van der Waals surface area contributed by atoms with E-state index >= 15 is 0 Å². The van der Waals surface area contributed by atoms with Gasteiger partial charge in [0.2, 0.25) is 10.0 Å². The molecular formula is C22H21ClN4O6S3. The summed E-state index contributed by atoms with van der Waals surface area (Å²) >= 11 is 10.9. The normalized spacial score (nSPS) is 11.7. The fourth-order valence-corrected chi connectivity index (χ4v) is 5.21. The van der Waals surface area contributed by atoms with Gasteiger partial charge in [0.25, 0.3) is 15.9 Å². The van der Waals surface area contributed by atoms with Crippen molar-refractivity contribution in [1.82, 2.24) is 9.62 Å². The Labute approximate surface area is 219 Å². The maximum atomic E-state index is 12.8. The first-order valence-corrected chi connectivity index (χ1v) is 13.8. The van der Waals surface area contributed by atoms with E-state index in [1.165, 1.54) is 68.7 Å². The van der Waals surface area contributed by atoms with Crippen molar-refractivity contribution in [1.29, 1.82) is 0 Å². The number of phenols is 1. The minimum Gasteiger partial charge on any atom is -0.506 e. The number of nitrogens with zero attached hydrogens (tertiary/aromatic N) is 1. The molecule has 0 bridgehead atoms. The summed E-state index contributed by atoms with van der Waals surface area (Å²) in [5.41, 5.74) is 0.223. The first-order chi connectivity index (χ1) is 16.8. The van der Waals surface area contributed by atoms with Crippen molar-refractivity contribution >= 4 is 66.3 Å². The van der Waals surface area contributed by atoms with E-state index in [4.69, 9.17) is 23.8 Å². The van der Waals surface area contributed by atoms with Crippen LogP contribution in [0, 0.1) is 0 Å². The number of hydrogen-bond acceptors (Lipinski definition) is 7. The standard InChI is InChI=1S/C22H21ClN4O6S3/c1-27(2)36(32,33)18-5-3-4-14(12-18)21(29)25-22(34)24-19-13-17(10-11-20(19)28)35(30,31)26-16-8-6-15(23)7-9-16/h3-13,26,28H,1-2H3,(H2,24,25,29,34). The maximum absolute atomic E-state index is 12.8. The van der Waals surface area contributed by atoms with Gasteiger partial charge in [-0.3, -0.25) is 14.8 Å². The largest absolute Gasteiger partial charge is 0.506 e. The number of nitrogens with one attached hydrogen (secondary N) is 3. The quantitative estimate of drug-likeness (QED) is 0.251. The number of phenolic OH excluding ortho intramolecular Hbond substituents is 1. The molecule has 14 heteroatoms. The molecule has 3 aromatic carbocycles. The van der Waals surface area contributed by atoms with Crippen molar-refractivity contribution in [2.24, 2.45) is 0 Å². The minimum atomic E-state index is -4.03. The van der Waals surface area contributed by atoms with Crippen molar-refractivity contribution < 1.29 is 26.7 Å². The number of hydrogen-bond donors (Lipinski definition) is 4. The molecule has 0 saturated heterocycles. The smallest absolute Gasteiger partial charge is 0.261 e. The minimum absolute atomic E-state index is 0.0230. The van der Waals surface area contributed by atoms with Crippen LogP contribution < -0.4 is 15.4 Å². The zero-order chi connectivity index (χ0) is 26.7. The van der Waals surface area contributed by atoms with Crippen molar-refractivity contribution in [2.75, 3.05) is 24.1 Å². The fourth-order valence-electron chi connectivity index (χ4n) is 2.85. The Bertz CT molecular complexity index is 1530. The van der Waals surface area contributed by atoms with E-state index in [-0.39, 0.29) is 37.6 Å². The molecule has 0 unspecified atom stereocenters. The molecule has 0 aliphatic rings. The molecule has 0 heterocycles. The molecule has 0 aliphatic carbocycles. The lowest BCUT2D eigenvalue weighted by atomic mass is 10.2. The first kappa shape index (κ1) is 27.4. The number of anilines is 2. The molecule has 4 N–H and O–H groups in total. The second-order valence-electron chi connectivity index (χ2n) is 7.51. The first-order valence-electron chi connectivity index (χ1n) is 10.1. The van der Waals surface area contributed by atoms with Crippen LogP contribution in [0.4, 0.5) is 11.4 Å². The molecule has 0 aliphatic heterocycles. The summed E-state index contributed by atoms with van der Waals surface area (Å²) in [4.78, 5) is 12.3. The number of rotatable bonds is 7. The summed E-state index contributed by atoms with van der Waals surface area (Å²) in [5, 5.41) is 15.3. The number of sulfonamides is 2. The summed E-state index contributed by atoms with van der Waals surface area (Å²) in [7, 11) is -5.05. The molecule has 36 heavy (non-hydrogen) atoms. The topological polar surface area (TPSA) is 145 Å². The van der Waals surface area contributed by atoms with E-state index in [2.05, 4.69) is 15.4 Å². The van der Waals surface area contributed by atoms with Gasteiger partial charge in [-0.2, -0.15) is 0 Å². The summed E-state index contributed by atoms with van der Waals surface area (Å²) in [6, 6.07) is 14.9. The lowest BCUT2D eigenvalue weighted by Crippen LogP contribution is -2.34. The van der Waals surface area contributed by atoms with Crippen molar-refractivity contribution in [2.45, 2.75) is 9.79 Å². The Morgan fingerprint density at radius 2 is 1.61 bits per heavy atom. The van der Waals surface area contributed by atoms with E-state index in [0.717, 1.165) is 16.4 Å². The van der Waals surface area contributed by atoms with Gasteiger partial charge in [-0.25, -0.2) is 21.1 Å². The van der Waals surface area contributed by atoms with Gasteiger partial charge in [-0.05, 0) is 72.9 Å². The summed E-state index contributed by atoms with van der Waals surface area (Å²) < 4.78 is 53.5. The Morgan fingerprint density at radius 3 is 2.25 bits per heavy atom.